The summed E-state index contributed by atoms with van der Waals surface area (Å²) in [7, 11) is 0. The van der Waals surface area contributed by atoms with Gasteiger partial charge in [0.1, 0.15) is 5.75 Å². The monoisotopic (exact) mass is 394 g/mol. The first-order valence-corrected chi connectivity index (χ1v) is 9.44. The zero-order valence-corrected chi connectivity index (χ0v) is 15.4. The first-order chi connectivity index (χ1) is 13.2. The highest BCUT2D eigenvalue weighted by Gasteiger charge is 2.55. The molecule has 2 saturated carbocycles. The third-order valence-electron chi connectivity index (χ3n) is 7.18. The fraction of sp³-hybridized carbons (Fsp3) is 0.667. The summed E-state index contributed by atoms with van der Waals surface area (Å²) in [6.07, 6.45) is 4.10. The minimum absolute atomic E-state index is 0.100. The summed E-state index contributed by atoms with van der Waals surface area (Å²) in [4.78, 5) is 31.1. The summed E-state index contributed by atoms with van der Waals surface area (Å²) in [5.41, 5.74) is 1.03. The Morgan fingerprint density at radius 2 is 1.79 bits per heavy atom. The van der Waals surface area contributed by atoms with Gasteiger partial charge in [-0.05, 0) is 78.9 Å². The van der Waals surface area contributed by atoms with Gasteiger partial charge in [-0.1, -0.05) is 6.92 Å². The average Bonchev–Trinajstić information content (AvgIpc) is 2.92. The van der Waals surface area contributed by atoms with E-state index in [4.69, 9.17) is 4.84 Å². The number of phenols is 1. The van der Waals surface area contributed by atoms with Gasteiger partial charge in [-0.25, -0.2) is 0 Å². The Morgan fingerprint density at radius 3 is 2.46 bits per heavy atom. The van der Waals surface area contributed by atoms with Crippen molar-refractivity contribution in [2.45, 2.75) is 57.5 Å². The first kappa shape index (κ1) is 18.7. The molecule has 0 unspecified atom stereocenters. The molecule has 0 aliphatic heterocycles. The van der Waals surface area contributed by atoms with Gasteiger partial charge >= 0.3 is 0 Å². The molecule has 4 rings (SSSR count). The molecule has 3 aliphatic carbocycles. The number of hydrogen-bond donors (Lipinski definition) is 2. The van der Waals surface area contributed by atoms with E-state index in [2.05, 4.69) is 11.8 Å². The molecule has 28 heavy (non-hydrogen) atoms. The van der Waals surface area contributed by atoms with Crippen LogP contribution in [0.5, 0.6) is 17.2 Å². The number of hydrogen-bond acceptors (Lipinski definition) is 8. The lowest BCUT2D eigenvalue weighted by Crippen LogP contribution is -2.44. The van der Waals surface area contributed by atoms with Crippen molar-refractivity contribution >= 4 is 0 Å². The van der Waals surface area contributed by atoms with Crippen molar-refractivity contribution in [3.63, 3.8) is 0 Å². The second-order valence-corrected chi connectivity index (χ2v) is 8.31. The number of rotatable bonds is 4. The maximum atomic E-state index is 11.1. The normalized spacial score (nSPS) is 33.4. The van der Waals surface area contributed by atoms with Gasteiger partial charge in [0.25, 0.3) is 10.2 Å². The van der Waals surface area contributed by atoms with Crippen LogP contribution in [0.25, 0.3) is 0 Å². The lowest BCUT2D eigenvalue weighted by Gasteiger charge is -2.50. The van der Waals surface area contributed by atoms with Crippen LogP contribution < -0.4 is 9.68 Å². The van der Waals surface area contributed by atoms with Crippen LogP contribution in [0.2, 0.25) is 0 Å². The predicted octanol–water partition coefficient (Wildman–Crippen LogP) is 2.75. The molecule has 0 amide bonds. The Morgan fingerprint density at radius 1 is 1.11 bits per heavy atom. The number of aliphatic hydroxyl groups excluding tert-OH is 1. The van der Waals surface area contributed by atoms with Crippen molar-refractivity contribution in [2.75, 3.05) is 0 Å². The lowest BCUT2D eigenvalue weighted by atomic mass is 9.55. The Kier molecular flexibility index (Phi) is 4.33. The van der Waals surface area contributed by atoms with Crippen LogP contribution in [0.3, 0.4) is 0 Å². The van der Waals surface area contributed by atoms with E-state index in [9.17, 15) is 30.4 Å². The second kappa shape index (κ2) is 6.47. The summed E-state index contributed by atoms with van der Waals surface area (Å²) >= 11 is 0. The van der Waals surface area contributed by atoms with E-state index in [0.29, 0.717) is 24.0 Å². The molecular weight excluding hydrogens is 372 g/mol. The fourth-order valence-corrected chi connectivity index (χ4v) is 5.98. The van der Waals surface area contributed by atoms with Crippen molar-refractivity contribution < 1.29 is 30.1 Å². The summed E-state index contributed by atoms with van der Waals surface area (Å²) in [6, 6.07) is 1.38. The number of aromatic hydroxyl groups is 1. The highest BCUT2D eigenvalue weighted by Crippen LogP contribution is 2.63. The minimum atomic E-state index is -1.13. The van der Waals surface area contributed by atoms with Gasteiger partial charge in [0.05, 0.1) is 6.10 Å². The van der Waals surface area contributed by atoms with Crippen LogP contribution in [-0.2, 0) is 6.42 Å². The molecule has 3 aliphatic rings. The van der Waals surface area contributed by atoms with E-state index in [1.807, 2.05) is 0 Å². The summed E-state index contributed by atoms with van der Waals surface area (Å²) in [6.45, 7) is 2.10. The number of nitrogens with zero attached hydrogens (tertiary/aromatic N) is 2. The van der Waals surface area contributed by atoms with E-state index in [1.54, 1.807) is 0 Å². The van der Waals surface area contributed by atoms with Crippen LogP contribution in [0.4, 0.5) is 0 Å². The number of benzene rings is 1. The van der Waals surface area contributed by atoms with Gasteiger partial charge in [-0.3, -0.25) is 9.68 Å². The third kappa shape index (κ3) is 2.74. The molecule has 2 fully saturated rings. The summed E-state index contributed by atoms with van der Waals surface area (Å²) in [5, 5.41) is 40.4. The van der Waals surface area contributed by atoms with E-state index >= 15 is 0 Å². The Hall–Kier alpha value is -2.62. The predicted molar refractivity (Wildman–Crippen MR) is 94.0 cm³/mol. The van der Waals surface area contributed by atoms with Crippen LogP contribution in [0.1, 0.15) is 56.1 Å². The van der Waals surface area contributed by atoms with Gasteiger partial charge in [0, 0.05) is 0 Å². The summed E-state index contributed by atoms with van der Waals surface area (Å²) in [5.74, 6) is -1.22. The Bertz CT molecular complexity index is 843. The molecule has 5 atom stereocenters. The molecule has 0 radical (unpaired) electrons. The highest BCUT2D eigenvalue weighted by atomic mass is 17.0. The first-order valence-electron chi connectivity index (χ1n) is 9.44. The Balaban J connectivity index is 1.82. The minimum Gasteiger partial charge on any atom is -0.506 e. The van der Waals surface area contributed by atoms with Crippen molar-refractivity contribution in [3.05, 3.63) is 37.4 Å². The topological polar surface area (TPSA) is 145 Å². The molecule has 0 heterocycles. The zero-order valence-electron chi connectivity index (χ0n) is 15.4. The maximum Gasteiger partial charge on any atom is 0.299 e. The van der Waals surface area contributed by atoms with Crippen LogP contribution in [0, 0.1) is 37.5 Å². The SMILES string of the molecule is C[C@]12CC[C@@H]3c4c(cc(O)c(O[N+](=O)[O-])c4O[N+](=O)[O-])CC[C@@H]3[C@@H]1CC[C@@H]2O. The molecule has 152 valence electrons. The quantitative estimate of drug-likeness (QED) is 0.585. The van der Waals surface area contributed by atoms with E-state index in [1.165, 1.54) is 6.07 Å². The van der Waals surface area contributed by atoms with Crippen molar-refractivity contribution in [2.24, 2.45) is 17.3 Å². The molecule has 10 heteroatoms. The second-order valence-electron chi connectivity index (χ2n) is 8.31. The maximum absolute atomic E-state index is 11.1. The molecule has 2 N–H and O–H groups in total. The lowest BCUT2D eigenvalue weighted by molar-refractivity contribution is -0.721. The standard InChI is InChI=1S/C18H22N2O8/c1-18-7-6-11-10(12(18)4-5-14(18)22)3-2-9-8-13(21)16(27-19(23)24)17(15(9)11)28-20(25)26/h8,10-12,14,21-22H,2-7H2,1H3/t10-,11-,12-,14-,18-/m0/s1. The van der Waals surface area contributed by atoms with E-state index < -0.39 is 21.7 Å². The number of phenolic OH excluding ortho intramolecular Hbond substituents is 1. The number of aliphatic hydroxyl groups is 1. The van der Waals surface area contributed by atoms with E-state index in [0.717, 1.165) is 25.7 Å². The van der Waals surface area contributed by atoms with Crippen molar-refractivity contribution in [1.82, 2.24) is 0 Å². The zero-order chi connectivity index (χ0) is 20.2. The molecule has 0 spiro atoms. The van der Waals surface area contributed by atoms with Gasteiger partial charge in [-0.2, -0.15) is 0 Å². The number of aryl methyl sites for hydroxylation is 1. The Labute approximate surface area is 160 Å². The fourth-order valence-electron chi connectivity index (χ4n) is 5.98. The summed E-state index contributed by atoms with van der Waals surface area (Å²) < 4.78 is 0. The molecule has 1 aromatic carbocycles. The van der Waals surface area contributed by atoms with Gasteiger partial charge in [0.15, 0.2) is 11.5 Å². The molecule has 0 saturated heterocycles. The average molecular weight is 394 g/mol. The van der Waals surface area contributed by atoms with Crippen molar-refractivity contribution in [3.8, 4) is 17.2 Å². The van der Waals surface area contributed by atoms with Gasteiger partial charge in [0.2, 0.25) is 0 Å². The molecule has 10 nitrogen and oxygen atoms in total. The van der Waals surface area contributed by atoms with Crippen molar-refractivity contribution in [1.29, 1.82) is 0 Å². The molecule has 0 aromatic heterocycles. The van der Waals surface area contributed by atoms with Gasteiger partial charge < -0.3 is 10.2 Å². The molecular formula is C18H22N2O8. The van der Waals surface area contributed by atoms with E-state index in [-0.39, 0.29) is 35.0 Å². The number of fused-ring (bicyclic) bond motifs is 5. The molecule has 1 aromatic rings. The van der Waals surface area contributed by atoms with Crippen LogP contribution in [0.15, 0.2) is 6.07 Å². The smallest absolute Gasteiger partial charge is 0.299 e. The third-order valence-corrected chi connectivity index (χ3v) is 7.18. The molecule has 0 bridgehead atoms. The van der Waals surface area contributed by atoms with Crippen LogP contribution in [-0.4, -0.2) is 26.5 Å². The van der Waals surface area contributed by atoms with Crippen LogP contribution >= 0.6 is 0 Å². The largest absolute Gasteiger partial charge is 0.506 e. The highest BCUT2D eigenvalue weighted by molar-refractivity contribution is 5.60. The van der Waals surface area contributed by atoms with Gasteiger partial charge in [-0.15, -0.1) is 20.2 Å².